The molecule has 0 saturated heterocycles. The Hall–Kier alpha value is -0.860. The Morgan fingerprint density at radius 1 is 1.29 bits per heavy atom. The Bertz CT molecular complexity index is 292. The van der Waals surface area contributed by atoms with Gasteiger partial charge in [0.15, 0.2) is 0 Å². The van der Waals surface area contributed by atoms with E-state index in [9.17, 15) is 5.11 Å². The molecule has 0 radical (unpaired) electrons. The Morgan fingerprint density at radius 2 is 1.93 bits per heavy atom. The van der Waals surface area contributed by atoms with E-state index in [-0.39, 0.29) is 11.5 Å². The fraction of sp³-hybridized carbons (Fsp3) is 0.500. The van der Waals surface area contributed by atoms with Gasteiger partial charge in [-0.3, -0.25) is 0 Å². The van der Waals surface area contributed by atoms with Crippen molar-refractivity contribution >= 4 is 0 Å². The molecule has 1 aliphatic rings. The molecule has 1 atom stereocenters. The second kappa shape index (κ2) is 3.71. The molecule has 2 nitrogen and oxygen atoms in total. The molecule has 2 rings (SSSR count). The predicted octanol–water partition coefficient (Wildman–Crippen LogP) is 1.43. The molecule has 0 amide bonds. The molecule has 0 bridgehead atoms. The molecular formula is C12H17NO. The second-order valence-electron chi connectivity index (χ2n) is 4.12. The van der Waals surface area contributed by atoms with Crippen molar-refractivity contribution < 1.29 is 5.11 Å². The Kier molecular flexibility index (Phi) is 2.57. The molecule has 0 aliphatic heterocycles. The van der Waals surface area contributed by atoms with Crippen LogP contribution in [0.3, 0.4) is 0 Å². The lowest BCUT2D eigenvalue weighted by atomic mass is 9.88. The maximum atomic E-state index is 10.0. The van der Waals surface area contributed by atoms with Gasteiger partial charge in [-0.15, -0.1) is 0 Å². The molecule has 1 saturated carbocycles. The van der Waals surface area contributed by atoms with E-state index in [4.69, 9.17) is 5.73 Å². The van der Waals surface area contributed by atoms with Crippen LogP contribution in [0.25, 0.3) is 0 Å². The lowest BCUT2D eigenvalue weighted by Gasteiger charge is -2.22. The normalized spacial score (nSPS) is 20.4. The minimum Gasteiger partial charge on any atom is -0.392 e. The van der Waals surface area contributed by atoms with Gasteiger partial charge in [-0.25, -0.2) is 0 Å². The molecule has 1 aliphatic carbocycles. The molecule has 1 aromatic carbocycles. The van der Waals surface area contributed by atoms with Gasteiger partial charge in [0.1, 0.15) is 0 Å². The van der Waals surface area contributed by atoms with E-state index in [1.807, 2.05) is 18.2 Å². The summed E-state index contributed by atoms with van der Waals surface area (Å²) in [6, 6.07) is 10.3. The van der Waals surface area contributed by atoms with Gasteiger partial charge in [-0.1, -0.05) is 30.3 Å². The molecule has 76 valence electrons. The highest BCUT2D eigenvalue weighted by molar-refractivity contribution is 5.32. The molecule has 0 spiro atoms. The molecule has 14 heavy (non-hydrogen) atoms. The fourth-order valence-corrected chi connectivity index (χ4v) is 2.15. The van der Waals surface area contributed by atoms with E-state index in [1.54, 1.807) is 0 Å². The summed E-state index contributed by atoms with van der Waals surface area (Å²) >= 11 is 0. The lowest BCUT2D eigenvalue weighted by molar-refractivity contribution is 0.124. The summed E-state index contributed by atoms with van der Waals surface area (Å²) in [5, 5.41) is 10.0. The Balaban J connectivity index is 2.17. The van der Waals surface area contributed by atoms with Gasteiger partial charge in [0.05, 0.1) is 6.10 Å². The maximum Gasteiger partial charge on any atom is 0.0648 e. The number of hydrogen-bond acceptors (Lipinski definition) is 2. The molecule has 1 unspecified atom stereocenters. The van der Waals surface area contributed by atoms with Crippen LogP contribution in [0.15, 0.2) is 30.3 Å². The van der Waals surface area contributed by atoms with Gasteiger partial charge in [0, 0.05) is 5.41 Å². The second-order valence-corrected chi connectivity index (χ2v) is 4.12. The van der Waals surface area contributed by atoms with Crippen molar-refractivity contribution in [2.24, 2.45) is 5.73 Å². The summed E-state index contributed by atoms with van der Waals surface area (Å²) in [7, 11) is 0. The first-order valence-corrected chi connectivity index (χ1v) is 5.23. The van der Waals surface area contributed by atoms with Gasteiger partial charge < -0.3 is 10.8 Å². The minimum absolute atomic E-state index is 0.0284. The quantitative estimate of drug-likeness (QED) is 0.756. The van der Waals surface area contributed by atoms with Crippen LogP contribution < -0.4 is 5.73 Å². The van der Waals surface area contributed by atoms with Crippen LogP contribution in [0.1, 0.15) is 24.8 Å². The summed E-state index contributed by atoms with van der Waals surface area (Å²) in [5.74, 6) is 0. The van der Waals surface area contributed by atoms with E-state index in [0.717, 1.165) is 12.8 Å². The summed E-state index contributed by atoms with van der Waals surface area (Å²) in [6.07, 6.45) is 2.63. The van der Waals surface area contributed by atoms with E-state index in [2.05, 4.69) is 12.1 Å². The zero-order valence-electron chi connectivity index (χ0n) is 8.32. The van der Waals surface area contributed by atoms with Gasteiger partial charge >= 0.3 is 0 Å². The molecule has 1 fully saturated rings. The number of aliphatic hydroxyl groups is 1. The standard InChI is InChI=1S/C12H17NO/c13-9-6-11(14)12(7-8-12)10-4-2-1-3-5-10/h1-5,11,14H,6-9,13H2. The first kappa shape index (κ1) is 9.69. The number of nitrogens with two attached hydrogens (primary N) is 1. The van der Waals surface area contributed by atoms with Crippen LogP contribution in [-0.4, -0.2) is 17.8 Å². The van der Waals surface area contributed by atoms with E-state index < -0.39 is 0 Å². The summed E-state index contributed by atoms with van der Waals surface area (Å²) in [5.41, 5.74) is 6.77. The third-order valence-electron chi connectivity index (χ3n) is 3.22. The van der Waals surface area contributed by atoms with Crippen LogP contribution in [0.4, 0.5) is 0 Å². The van der Waals surface area contributed by atoms with Crippen molar-refractivity contribution in [3.63, 3.8) is 0 Å². The van der Waals surface area contributed by atoms with Crippen molar-refractivity contribution in [3.8, 4) is 0 Å². The maximum absolute atomic E-state index is 10.0. The van der Waals surface area contributed by atoms with Gasteiger partial charge in [0.25, 0.3) is 0 Å². The smallest absolute Gasteiger partial charge is 0.0648 e. The van der Waals surface area contributed by atoms with Crippen LogP contribution in [-0.2, 0) is 5.41 Å². The van der Waals surface area contributed by atoms with E-state index in [1.165, 1.54) is 5.56 Å². The van der Waals surface area contributed by atoms with Crippen molar-refractivity contribution in [3.05, 3.63) is 35.9 Å². The largest absolute Gasteiger partial charge is 0.392 e. The molecule has 1 aromatic rings. The number of rotatable bonds is 4. The van der Waals surface area contributed by atoms with Crippen LogP contribution >= 0.6 is 0 Å². The molecule has 0 aromatic heterocycles. The van der Waals surface area contributed by atoms with E-state index in [0.29, 0.717) is 13.0 Å². The highest BCUT2D eigenvalue weighted by atomic mass is 16.3. The third kappa shape index (κ3) is 1.56. The average Bonchev–Trinajstić information content (AvgIpc) is 3.00. The van der Waals surface area contributed by atoms with Gasteiger partial charge in [-0.05, 0) is 31.4 Å². The summed E-state index contributed by atoms with van der Waals surface area (Å²) in [4.78, 5) is 0. The summed E-state index contributed by atoms with van der Waals surface area (Å²) < 4.78 is 0. The van der Waals surface area contributed by atoms with Gasteiger partial charge in [-0.2, -0.15) is 0 Å². The monoisotopic (exact) mass is 191 g/mol. The van der Waals surface area contributed by atoms with Crippen molar-refractivity contribution in [2.45, 2.75) is 30.8 Å². The first-order valence-electron chi connectivity index (χ1n) is 5.23. The Labute approximate surface area is 84.7 Å². The van der Waals surface area contributed by atoms with Crippen molar-refractivity contribution in [2.75, 3.05) is 6.54 Å². The predicted molar refractivity (Wildman–Crippen MR) is 57.0 cm³/mol. The zero-order valence-corrected chi connectivity index (χ0v) is 8.32. The highest BCUT2D eigenvalue weighted by Crippen LogP contribution is 2.51. The number of aliphatic hydroxyl groups excluding tert-OH is 1. The zero-order chi connectivity index (χ0) is 10.0. The molecular weight excluding hydrogens is 174 g/mol. The minimum atomic E-state index is -0.269. The lowest BCUT2D eigenvalue weighted by Crippen LogP contribution is -2.28. The molecule has 2 heteroatoms. The summed E-state index contributed by atoms with van der Waals surface area (Å²) in [6.45, 7) is 0.565. The third-order valence-corrected chi connectivity index (χ3v) is 3.22. The van der Waals surface area contributed by atoms with E-state index >= 15 is 0 Å². The van der Waals surface area contributed by atoms with Crippen LogP contribution in [0, 0.1) is 0 Å². The SMILES string of the molecule is NCCC(O)C1(c2ccccc2)CC1. The first-order chi connectivity index (χ1) is 6.79. The number of hydrogen-bond donors (Lipinski definition) is 2. The Morgan fingerprint density at radius 3 is 2.43 bits per heavy atom. The molecule has 3 N–H and O–H groups in total. The van der Waals surface area contributed by atoms with Crippen LogP contribution in [0.2, 0.25) is 0 Å². The van der Waals surface area contributed by atoms with Crippen molar-refractivity contribution in [1.82, 2.24) is 0 Å². The van der Waals surface area contributed by atoms with Crippen LogP contribution in [0.5, 0.6) is 0 Å². The molecule has 0 heterocycles. The highest BCUT2D eigenvalue weighted by Gasteiger charge is 2.49. The van der Waals surface area contributed by atoms with Crippen molar-refractivity contribution in [1.29, 1.82) is 0 Å². The average molecular weight is 191 g/mol. The topological polar surface area (TPSA) is 46.2 Å². The fourth-order valence-electron chi connectivity index (χ4n) is 2.15. The number of benzene rings is 1. The van der Waals surface area contributed by atoms with Gasteiger partial charge in [0.2, 0.25) is 0 Å².